The summed E-state index contributed by atoms with van der Waals surface area (Å²) in [4.78, 5) is 14.1. The van der Waals surface area contributed by atoms with Gasteiger partial charge in [-0.25, -0.2) is 5.53 Å². The molecule has 1 heterocycles. The minimum absolute atomic E-state index is 0.277. The van der Waals surface area contributed by atoms with Crippen LogP contribution in [0.2, 0.25) is 0 Å². The van der Waals surface area contributed by atoms with E-state index in [0.29, 0.717) is 11.3 Å². The van der Waals surface area contributed by atoms with Gasteiger partial charge >= 0.3 is 0 Å². The van der Waals surface area contributed by atoms with Crippen LogP contribution in [0.5, 0.6) is 0 Å². The number of nitrogens with one attached hydrogen (secondary N) is 1. The molecule has 0 saturated heterocycles. The third-order valence-corrected chi connectivity index (χ3v) is 1.22. The zero-order valence-electron chi connectivity index (χ0n) is 5.82. The van der Waals surface area contributed by atoms with E-state index < -0.39 is 0 Å². The second-order valence-electron chi connectivity index (χ2n) is 2.02. The van der Waals surface area contributed by atoms with Crippen LogP contribution in [0, 0.1) is 5.53 Å². The molecular weight excluding hydrogens is 142 g/mol. The van der Waals surface area contributed by atoms with Crippen LogP contribution in [-0.4, -0.2) is 11.3 Å². The van der Waals surface area contributed by atoms with Crippen molar-refractivity contribution in [1.82, 2.24) is 4.98 Å². The van der Waals surface area contributed by atoms with Gasteiger partial charge in [0.2, 0.25) is 0 Å². The highest BCUT2D eigenvalue weighted by Crippen LogP contribution is 1.98. The van der Waals surface area contributed by atoms with Crippen molar-refractivity contribution >= 4 is 6.29 Å². The maximum atomic E-state index is 10.2. The van der Waals surface area contributed by atoms with Crippen molar-refractivity contribution in [2.24, 2.45) is 5.11 Å². The molecule has 0 aliphatic carbocycles. The van der Waals surface area contributed by atoms with Gasteiger partial charge in [0.1, 0.15) is 6.54 Å². The third-order valence-electron chi connectivity index (χ3n) is 1.22. The lowest BCUT2D eigenvalue weighted by molar-refractivity contribution is 0.112. The van der Waals surface area contributed by atoms with Gasteiger partial charge in [-0.15, -0.1) is 0 Å². The summed E-state index contributed by atoms with van der Waals surface area (Å²) >= 11 is 0. The molecule has 0 amide bonds. The standard InChI is InChI=1S/C7H7N3O/c8-10-4-7-2-1-6(5-11)3-9-7/h1-3,5,8H,4H2. The SMILES string of the molecule is N=NCc1ccc(C=O)cn1. The van der Waals surface area contributed by atoms with Gasteiger partial charge in [-0.3, -0.25) is 9.78 Å². The first kappa shape index (κ1) is 7.53. The first-order valence-corrected chi connectivity index (χ1v) is 3.10. The Bertz CT molecular complexity index is 255. The van der Waals surface area contributed by atoms with Crippen LogP contribution < -0.4 is 0 Å². The van der Waals surface area contributed by atoms with Crippen molar-refractivity contribution in [2.75, 3.05) is 0 Å². The van der Waals surface area contributed by atoms with Gasteiger partial charge in [-0.2, -0.15) is 5.11 Å². The molecule has 11 heavy (non-hydrogen) atoms. The molecule has 0 aliphatic rings. The molecule has 0 saturated carbocycles. The maximum Gasteiger partial charge on any atom is 0.151 e. The summed E-state index contributed by atoms with van der Waals surface area (Å²) in [5, 5.41) is 3.16. The van der Waals surface area contributed by atoms with E-state index in [0.717, 1.165) is 6.29 Å². The van der Waals surface area contributed by atoms with Crippen LogP contribution in [0.4, 0.5) is 0 Å². The maximum absolute atomic E-state index is 10.2. The molecule has 1 aromatic heterocycles. The van der Waals surface area contributed by atoms with Crippen LogP contribution in [-0.2, 0) is 6.54 Å². The van der Waals surface area contributed by atoms with Gasteiger partial charge in [-0.1, -0.05) is 0 Å². The number of aromatic nitrogens is 1. The number of rotatable bonds is 3. The fourth-order valence-corrected chi connectivity index (χ4v) is 0.680. The summed E-state index contributed by atoms with van der Waals surface area (Å²) in [7, 11) is 0. The molecule has 0 aliphatic heterocycles. The van der Waals surface area contributed by atoms with E-state index in [1.807, 2.05) is 0 Å². The molecule has 1 aromatic rings. The highest BCUT2D eigenvalue weighted by atomic mass is 16.1. The van der Waals surface area contributed by atoms with Gasteiger partial charge in [0, 0.05) is 11.8 Å². The lowest BCUT2D eigenvalue weighted by atomic mass is 10.3. The fraction of sp³-hybridized carbons (Fsp3) is 0.143. The monoisotopic (exact) mass is 149 g/mol. The molecule has 1 N–H and O–H groups in total. The lowest BCUT2D eigenvalue weighted by Crippen LogP contribution is -1.88. The first-order chi connectivity index (χ1) is 5.36. The summed E-state index contributed by atoms with van der Waals surface area (Å²) in [5.41, 5.74) is 7.79. The largest absolute Gasteiger partial charge is 0.298 e. The van der Waals surface area contributed by atoms with Crippen LogP contribution in [0.15, 0.2) is 23.4 Å². The number of carbonyl (C=O) groups excluding carboxylic acids is 1. The van der Waals surface area contributed by atoms with Crippen molar-refractivity contribution in [3.8, 4) is 0 Å². The van der Waals surface area contributed by atoms with E-state index in [1.165, 1.54) is 6.20 Å². The number of hydrogen-bond donors (Lipinski definition) is 1. The van der Waals surface area contributed by atoms with Gasteiger partial charge in [0.25, 0.3) is 0 Å². The number of carbonyl (C=O) groups is 1. The zero-order valence-corrected chi connectivity index (χ0v) is 5.82. The van der Waals surface area contributed by atoms with Crippen molar-refractivity contribution in [1.29, 1.82) is 5.53 Å². The molecule has 0 bridgehead atoms. The molecule has 1 rings (SSSR count). The molecular formula is C7H7N3O. The second kappa shape index (κ2) is 3.55. The van der Waals surface area contributed by atoms with Crippen molar-refractivity contribution in [3.63, 3.8) is 0 Å². The number of hydrogen-bond acceptors (Lipinski definition) is 4. The minimum Gasteiger partial charge on any atom is -0.298 e. The average Bonchev–Trinajstić information content (AvgIpc) is 2.07. The highest BCUT2D eigenvalue weighted by molar-refractivity contribution is 5.73. The highest BCUT2D eigenvalue weighted by Gasteiger charge is 1.92. The van der Waals surface area contributed by atoms with E-state index in [9.17, 15) is 4.79 Å². The number of pyridine rings is 1. The molecule has 0 radical (unpaired) electrons. The molecule has 56 valence electrons. The summed E-state index contributed by atoms with van der Waals surface area (Å²) in [6.07, 6.45) is 2.20. The first-order valence-electron chi connectivity index (χ1n) is 3.10. The summed E-state index contributed by atoms with van der Waals surface area (Å²) in [6.45, 7) is 0.277. The van der Waals surface area contributed by atoms with E-state index in [-0.39, 0.29) is 6.54 Å². The Morgan fingerprint density at radius 1 is 1.64 bits per heavy atom. The Kier molecular flexibility index (Phi) is 2.43. The zero-order chi connectivity index (χ0) is 8.10. The molecule has 0 aromatic carbocycles. The van der Waals surface area contributed by atoms with E-state index in [1.54, 1.807) is 12.1 Å². The second-order valence-corrected chi connectivity index (χ2v) is 2.02. The van der Waals surface area contributed by atoms with Crippen molar-refractivity contribution in [3.05, 3.63) is 29.6 Å². The molecule has 4 nitrogen and oxygen atoms in total. The Hall–Kier alpha value is -1.58. The van der Waals surface area contributed by atoms with E-state index in [2.05, 4.69) is 10.1 Å². The van der Waals surface area contributed by atoms with Gasteiger partial charge in [0.15, 0.2) is 6.29 Å². The summed E-state index contributed by atoms with van der Waals surface area (Å²) in [5.74, 6) is 0. The smallest absolute Gasteiger partial charge is 0.151 e. The Morgan fingerprint density at radius 3 is 2.91 bits per heavy atom. The summed E-state index contributed by atoms with van der Waals surface area (Å²) < 4.78 is 0. The Balaban J connectivity index is 2.81. The van der Waals surface area contributed by atoms with E-state index >= 15 is 0 Å². The lowest BCUT2D eigenvalue weighted by Gasteiger charge is -1.92. The molecule has 0 spiro atoms. The minimum atomic E-state index is 0.277. The number of aldehydes is 1. The normalized spacial score (nSPS) is 9.09. The quantitative estimate of drug-likeness (QED) is 0.521. The summed E-state index contributed by atoms with van der Waals surface area (Å²) in [6, 6.07) is 3.34. The Morgan fingerprint density at radius 2 is 2.45 bits per heavy atom. The average molecular weight is 149 g/mol. The van der Waals surface area contributed by atoms with Crippen LogP contribution in [0.1, 0.15) is 16.1 Å². The molecule has 0 unspecified atom stereocenters. The molecule has 0 fully saturated rings. The molecule has 4 heteroatoms. The van der Waals surface area contributed by atoms with Crippen LogP contribution >= 0.6 is 0 Å². The predicted octanol–water partition coefficient (Wildman–Crippen LogP) is 1.43. The van der Waals surface area contributed by atoms with Gasteiger partial charge < -0.3 is 0 Å². The predicted molar refractivity (Wildman–Crippen MR) is 38.5 cm³/mol. The van der Waals surface area contributed by atoms with Crippen molar-refractivity contribution in [2.45, 2.75) is 6.54 Å². The topological polar surface area (TPSA) is 66.2 Å². The van der Waals surface area contributed by atoms with Crippen molar-refractivity contribution < 1.29 is 4.79 Å². The van der Waals surface area contributed by atoms with Gasteiger partial charge in [0.05, 0.1) is 5.69 Å². The molecule has 0 atom stereocenters. The van der Waals surface area contributed by atoms with E-state index in [4.69, 9.17) is 5.53 Å². The third kappa shape index (κ3) is 1.93. The fourth-order valence-electron chi connectivity index (χ4n) is 0.680. The number of nitrogens with zero attached hydrogens (tertiary/aromatic N) is 2. The Labute approximate surface area is 63.8 Å². The van der Waals surface area contributed by atoms with Gasteiger partial charge in [-0.05, 0) is 12.1 Å². The van der Waals surface area contributed by atoms with Crippen LogP contribution in [0.25, 0.3) is 0 Å². The van der Waals surface area contributed by atoms with Crippen LogP contribution in [0.3, 0.4) is 0 Å².